The van der Waals surface area contributed by atoms with Gasteiger partial charge >= 0.3 is 0 Å². The molecule has 4 nitrogen and oxygen atoms in total. The number of ketones is 1. The average Bonchev–Trinajstić information content (AvgIpc) is 2.53. The van der Waals surface area contributed by atoms with Crippen molar-refractivity contribution < 1.29 is 4.79 Å². The molecule has 1 aliphatic rings. The molecule has 0 saturated carbocycles. The number of allylic oxidation sites excluding steroid dienone is 2. The highest BCUT2D eigenvalue weighted by Gasteiger charge is 2.45. The number of hydrogen-bond donors (Lipinski definition) is 0. The van der Waals surface area contributed by atoms with Gasteiger partial charge in [-0.05, 0) is 32.0 Å². The number of rotatable bonds is 4. The van der Waals surface area contributed by atoms with E-state index in [4.69, 9.17) is 0 Å². The molecule has 4 heteroatoms. The summed E-state index contributed by atoms with van der Waals surface area (Å²) in [7, 11) is 2.02. The number of aromatic nitrogens is 1. The molecule has 0 aromatic carbocycles. The average molecular weight is 297 g/mol. The third kappa shape index (κ3) is 2.79. The maximum absolute atomic E-state index is 12.7. The molecule has 22 heavy (non-hydrogen) atoms. The lowest BCUT2D eigenvalue weighted by atomic mass is 9.77. The fraction of sp³-hybridized carbons (Fsp3) is 0.389. The zero-order valence-corrected chi connectivity index (χ0v) is 13.4. The van der Waals surface area contributed by atoms with Crippen molar-refractivity contribution in [3.05, 3.63) is 54.5 Å². The molecule has 1 aromatic rings. The van der Waals surface area contributed by atoms with Crippen molar-refractivity contribution in [3.63, 3.8) is 0 Å². The van der Waals surface area contributed by atoms with Crippen LogP contribution in [-0.2, 0) is 4.79 Å². The van der Waals surface area contributed by atoms with E-state index in [-0.39, 0.29) is 29.7 Å². The molecule has 1 saturated heterocycles. The summed E-state index contributed by atoms with van der Waals surface area (Å²) in [6.07, 6.45) is 5.27. The van der Waals surface area contributed by atoms with Gasteiger partial charge in [-0.15, -0.1) is 0 Å². The van der Waals surface area contributed by atoms with Crippen LogP contribution in [0, 0.1) is 11.8 Å². The van der Waals surface area contributed by atoms with Gasteiger partial charge in [-0.3, -0.25) is 19.7 Å². The van der Waals surface area contributed by atoms with Crippen LogP contribution in [0.5, 0.6) is 0 Å². The number of likely N-dealkylation sites (N-methyl/N-ethyl adjacent to an activating group) is 1. The molecule has 0 aliphatic carbocycles. The number of pyridine rings is 1. The quantitative estimate of drug-likeness (QED) is 0.634. The van der Waals surface area contributed by atoms with Gasteiger partial charge in [-0.2, -0.15) is 0 Å². The van der Waals surface area contributed by atoms with Crippen molar-refractivity contribution in [2.24, 2.45) is 16.8 Å². The largest absolute Gasteiger partial charge is 0.299 e. The molecule has 1 aliphatic heterocycles. The smallest absolute Gasteiger partial charge is 0.142 e. The van der Waals surface area contributed by atoms with Crippen molar-refractivity contribution in [3.8, 4) is 0 Å². The van der Waals surface area contributed by atoms with Gasteiger partial charge in [-0.25, -0.2) is 0 Å². The third-order valence-corrected chi connectivity index (χ3v) is 4.49. The van der Waals surface area contributed by atoms with Crippen LogP contribution in [0.4, 0.5) is 0 Å². The van der Waals surface area contributed by atoms with E-state index in [2.05, 4.69) is 28.2 Å². The summed E-state index contributed by atoms with van der Waals surface area (Å²) >= 11 is 0. The van der Waals surface area contributed by atoms with E-state index in [9.17, 15) is 4.79 Å². The minimum Gasteiger partial charge on any atom is -0.299 e. The van der Waals surface area contributed by atoms with Crippen LogP contribution in [0.15, 0.2) is 53.8 Å². The Morgan fingerprint density at radius 3 is 2.64 bits per heavy atom. The van der Waals surface area contributed by atoms with E-state index in [1.165, 1.54) is 0 Å². The van der Waals surface area contributed by atoms with Crippen molar-refractivity contribution in [1.29, 1.82) is 0 Å². The number of carbonyl (C=O) groups is 1. The molecule has 0 spiro atoms. The first-order valence-electron chi connectivity index (χ1n) is 7.48. The fourth-order valence-corrected chi connectivity index (χ4v) is 3.45. The maximum atomic E-state index is 12.7. The SMILES string of the molecule is C=C/C=C(\N=C)C1C(C)C(=O)C(C)C(c2ccccn2)N1C. The minimum atomic E-state index is -0.142. The lowest BCUT2D eigenvalue weighted by Gasteiger charge is -2.45. The standard InChI is InChI=1S/C18H23N3O/c1-6-9-14(19-4)16-12(2)18(22)13(3)17(21(16)5)15-10-7-8-11-20-15/h6-13,16-17H,1,4H2,2-3,5H3/b14-9-. The van der Waals surface area contributed by atoms with Gasteiger partial charge in [0.25, 0.3) is 0 Å². The number of aliphatic imine (C=N–C) groups is 1. The Morgan fingerprint density at radius 1 is 1.36 bits per heavy atom. The Kier molecular flexibility index (Phi) is 5.03. The molecule has 0 amide bonds. The Bertz CT molecular complexity index is 594. The summed E-state index contributed by atoms with van der Waals surface area (Å²) in [6, 6.07) is 5.62. The molecule has 0 N–H and O–H groups in total. The zero-order chi connectivity index (χ0) is 16.3. The van der Waals surface area contributed by atoms with Gasteiger partial charge in [0.2, 0.25) is 0 Å². The lowest BCUT2D eigenvalue weighted by molar-refractivity contribution is -0.135. The summed E-state index contributed by atoms with van der Waals surface area (Å²) in [5.41, 5.74) is 1.68. The van der Waals surface area contributed by atoms with Gasteiger partial charge in [0.15, 0.2) is 0 Å². The molecule has 1 fully saturated rings. The Hall–Kier alpha value is -2.07. The van der Waals surface area contributed by atoms with Crippen molar-refractivity contribution in [1.82, 2.24) is 9.88 Å². The van der Waals surface area contributed by atoms with Crippen LogP contribution < -0.4 is 0 Å². The van der Waals surface area contributed by atoms with Crippen molar-refractivity contribution >= 4 is 12.5 Å². The van der Waals surface area contributed by atoms with E-state index < -0.39 is 0 Å². The number of nitrogens with zero attached hydrogens (tertiary/aromatic N) is 3. The molecule has 2 heterocycles. The molecular weight excluding hydrogens is 274 g/mol. The topological polar surface area (TPSA) is 45.6 Å². The third-order valence-electron chi connectivity index (χ3n) is 4.49. The molecule has 116 valence electrons. The molecular formula is C18H23N3O. The summed E-state index contributed by atoms with van der Waals surface area (Å²) in [5, 5.41) is 0. The number of likely N-dealkylation sites (tertiary alicyclic amines) is 1. The van der Waals surface area contributed by atoms with Crippen molar-refractivity contribution in [2.45, 2.75) is 25.9 Å². The monoisotopic (exact) mass is 297 g/mol. The van der Waals surface area contributed by atoms with Gasteiger partial charge in [0, 0.05) is 18.0 Å². The Balaban J connectivity index is 2.48. The normalized spacial score (nSPS) is 30.1. The van der Waals surface area contributed by atoms with Gasteiger partial charge in [0.1, 0.15) is 5.78 Å². The van der Waals surface area contributed by atoms with Gasteiger partial charge in [-0.1, -0.05) is 32.6 Å². The van der Waals surface area contributed by atoms with Crippen LogP contribution >= 0.6 is 0 Å². The van der Waals surface area contributed by atoms with E-state index in [0.717, 1.165) is 11.4 Å². The van der Waals surface area contributed by atoms with Crippen LogP contribution in [0.2, 0.25) is 0 Å². The van der Waals surface area contributed by atoms with Crippen LogP contribution in [0.3, 0.4) is 0 Å². The number of Topliss-reactive ketones (excluding diaryl/α,β-unsaturated/α-hetero) is 1. The van der Waals surface area contributed by atoms with Gasteiger partial charge in [0.05, 0.1) is 23.5 Å². The first-order chi connectivity index (χ1) is 10.5. The molecule has 1 aromatic heterocycles. The van der Waals surface area contributed by atoms with E-state index in [1.807, 2.05) is 45.2 Å². The molecule has 4 atom stereocenters. The fourth-order valence-electron chi connectivity index (χ4n) is 3.45. The predicted molar refractivity (Wildman–Crippen MR) is 89.7 cm³/mol. The highest BCUT2D eigenvalue weighted by Crippen LogP contribution is 2.39. The molecule has 0 bridgehead atoms. The second-order valence-corrected chi connectivity index (χ2v) is 5.77. The van der Waals surface area contributed by atoms with Gasteiger partial charge < -0.3 is 0 Å². The second kappa shape index (κ2) is 6.79. The van der Waals surface area contributed by atoms with E-state index in [1.54, 1.807) is 12.3 Å². The summed E-state index contributed by atoms with van der Waals surface area (Å²) in [6.45, 7) is 11.3. The number of carbonyl (C=O) groups excluding carboxylic acids is 1. The summed E-state index contributed by atoms with van der Waals surface area (Å²) < 4.78 is 0. The Labute approximate surface area is 132 Å². The summed E-state index contributed by atoms with van der Waals surface area (Å²) in [5.74, 6) is -0.0185. The molecule has 2 rings (SSSR count). The van der Waals surface area contributed by atoms with E-state index in [0.29, 0.717) is 0 Å². The lowest BCUT2D eigenvalue weighted by Crippen LogP contribution is -2.53. The van der Waals surface area contributed by atoms with Crippen LogP contribution in [0.25, 0.3) is 0 Å². The van der Waals surface area contributed by atoms with E-state index >= 15 is 0 Å². The number of hydrogen-bond acceptors (Lipinski definition) is 4. The first-order valence-corrected chi connectivity index (χ1v) is 7.48. The molecule has 4 unspecified atom stereocenters. The first kappa shape index (κ1) is 16.3. The Morgan fingerprint density at radius 2 is 2.09 bits per heavy atom. The predicted octanol–water partition coefficient (Wildman–Crippen LogP) is 3.05. The zero-order valence-electron chi connectivity index (χ0n) is 13.4. The maximum Gasteiger partial charge on any atom is 0.142 e. The highest BCUT2D eigenvalue weighted by atomic mass is 16.1. The van der Waals surface area contributed by atoms with Crippen LogP contribution in [-0.4, -0.2) is 35.5 Å². The summed E-state index contributed by atoms with van der Waals surface area (Å²) in [4.78, 5) is 23.5. The number of piperidine rings is 1. The highest BCUT2D eigenvalue weighted by molar-refractivity contribution is 5.85. The minimum absolute atomic E-state index is 0.0649. The second-order valence-electron chi connectivity index (χ2n) is 5.77. The van der Waals surface area contributed by atoms with Crippen molar-refractivity contribution in [2.75, 3.05) is 7.05 Å². The van der Waals surface area contributed by atoms with Crippen LogP contribution in [0.1, 0.15) is 25.6 Å². The molecule has 0 radical (unpaired) electrons.